The van der Waals surface area contributed by atoms with Crippen molar-refractivity contribution in [2.45, 2.75) is 37.9 Å². The fourth-order valence-corrected chi connectivity index (χ4v) is 3.44. The van der Waals surface area contributed by atoms with Crippen molar-refractivity contribution >= 4 is 33.6 Å². The minimum absolute atomic E-state index is 0.0478. The van der Waals surface area contributed by atoms with Crippen LogP contribution in [0.25, 0.3) is 0 Å². The monoisotopic (exact) mass is 360 g/mol. The third-order valence-corrected chi connectivity index (χ3v) is 4.40. The lowest BCUT2D eigenvalue weighted by molar-refractivity contribution is -0.00537. The predicted molar refractivity (Wildman–Crippen MR) is 87.2 cm³/mol. The zero-order chi connectivity index (χ0) is 17.1. The first-order valence-corrected chi connectivity index (χ1v) is 8.79. The third kappa shape index (κ3) is 4.23. The zero-order valence-electron chi connectivity index (χ0n) is 13.2. The number of hydrogen-bond acceptors (Lipinski definition) is 6. The van der Waals surface area contributed by atoms with Gasteiger partial charge in [0.25, 0.3) is 5.24 Å². The highest BCUT2D eigenvalue weighted by Gasteiger charge is 2.26. The summed E-state index contributed by atoms with van der Waals surface area (Å²) in [6.07, 6.45) is -0.0955. The van der Waals surface area contributed by atoms with E-state index in [1.165, 1.54) is 12.1 Å². The van der Waals surface area contributed by atoms with Gasteiger partial charge in [-0.2, -0.15) is 0 Å². The van der Waals surface area contributed by atoms with Gasteiger partial charge >= 0.3 is 0 Å². The number of carbonyl (C=O) groups excluding carboxylic acids is 1. The maximum atomic E-state index is 11.7. The van der Waals surface area contributed by atoms with E-state index in [0.29, 0.717) is 25.4 Å². The van der Waals surface area contributed by atoms with E-state index in [2.05, 4.69) is 0 Å². The van der Waals surface area contributed by atoms with E-state index < -0.39 is 16.3 Å². The van der Waals surface area contributed by atoms with Crippen molar-refractivity contribution in [3.05, 3.63) is 17.7 Å². The molecule has 0 saturated carbocycles. The molecular formula is C15H19ClNO5S-. The summed E-state index contributed by atoms with van der Waals surface area (Å²) in [5.41, 5.74) is 0.595. The molecule has 1 aromatic carbocycles. The van der Waals surface area contributed by atoms with E-state index in [1.807, 2.05) is 18.7 Å². The molecule has 1 saturated heterocycles. The Morgan fingerprint density at radius 1 is 1.43 bits per heavy atom. The number of rotatable bonds is 5. The Kier molecular flexibility index (Phi) is 6.02. The number of morpholine rings is 1. The first kappa shape index (κ1) is 18.2. The summed E-state index contributed by atoms with van der Waals surface area (Å²) >= 11 is 3.16. The van der Waals surface area contributed by atoms with Crippen LogP contribution in [-0.2, 0) is 15.8 Å². The molecule has 0 N–H and O–H groups in total. The van der Waals surface area contributed by atoms with Crippen molar-refractivity contribution in [3.8, 4) is 5.75 Å². The molecule has 0 amide bonds. The van der Waals surface area contributed by atoms with Crippen molar-refractivity contribution in [2.24, 2.45) is 0 Å². The SMILES string of the molecule is CCOc1cc(S(=O)[O-])c(N2CC(C)OC(C)C2)cc1C(=O)Cl. The van der Waals surface area contributed by atoms with Crippen LogP contribution < -0.4 is 9.64 Å². The van der Waals surface area contributed by atoms with Gasteiger partial charge in [0, 0.05) is 13.1 Å². The van der Waals surface area contributed by atoms with Crippen molar-refractivity contribution in [3.63, 3.8) is 0 Å². The first-order chi connectivity index (χ1) is 10.8. The average molecular weight is 361 g/mol. The molecule has 6 nitrogen and oxygen atoms in total. The smallest absolute Gasteiger partial charge is 0.256 e. The summed E-state index contributed by atoms with van der Waals surface area (Å²) in [5.74, 6) is 0.171. The maximum absolute atomic E-state index is 11.7. The Morgan fingerprint density at radius 3 is 2.52 bits per heavy atom. The quantitative estimate of drug-likeness (QED) is 0.592. The van der Waals surface area contributed by atoms with Crippen LogP contribution in [0.4, 0.5) is 5.69 Å². The Bertz CT molecular complexity index is 614. The van der Waals surface area contributed by atoms with E-state index in [0.717, 1.165) is 0 Å². The van der Waals surface area contributed by atoms with Crippen LogP contribution in [0, 0.1) is 0 Å². The molecule has 1 fully saturated rings. The second-order valence-corrected chi connectivity index (χ2v) is 6.67. The second-order valence-electron chi connectivity index (χ2n) is 5.42. The summed E-state index contributed by atoms with van der Waals surface area (Å²) < 4.78 is 34.3. The largest absolute Gasteiger partial charge is 0.768 e. The fraction of sp³-hybridized carbons (Fsp3) is 0.533. The topological polar surface area (TPSA) is 78.9 Å². The lowest BCUT2D eigenvalue weighted by atomic mass is 10.1. The minimum atomic E-state index is -2.47. The lowest BCUT2D eigenvalue weighted by Crippen LogP contribution is -2.45. The van der Waals surface area contributed by atoms with Gasteiger partial charge in [0.1, 0.15) is 5.75 Å². The molecule has 0 aromatic heterocycles. The molecule has 1 aliphatic rings. The van der Waals surface area contributed by atoms with Crippen LogP contribution in [0.2, 0.25) is 0 Å². The van der Waals surface area contributed by atoms with Crippen molar-refractivity contribution in [1.82, 2.24) is 0 Å². The van der Waals surface area contributed by atoms with E-state index in [-0.39, 0.29) is 28.4 Å². The van der Waals surface area contributed by atoms with E-state index >= 15 is 0 Å². The molecule has 0 radical (unpaired) electrons. The molecule has 23 heavy (non-hydrogen) atoms. The normalized spacial score (nSPS) is 22.7. The second kappa shape index (κ2) is 7.61. The zero-order valence-corrected chi connectivity index (χ0v) is 14.8. The Labute approximate surface area is 143 Å². The summed E-state index contributed by atoms with van der Waals surface area (Å²) in [5, 5.41) is -0.688. The van der Waals surface area contributed by atoms with Crippen LogP contribution in [0.1, 0.15) is 31.1 Å². The molecule has 1 heterocycles. The average Bonchev–Trinajstić information content (AvgIpc) is 2.45. The summed E-state index contributed by atoms with van der Waals surface area (Å²) in [4.78, 5) is 13.6. The number of benzene rings is 1. The molecule has 0 aliphatic carbocycles. The Balaban J connectivity index is 2.54. The van der Waals surface area contributed by atoms with E-state index in [1.54, 1.807) is 6.92 Å². The van der Waals surface area contributed by atoms with Crippen LogP contribution >= 0.6 is 11.6 Å². The van der Waals surface area contributed by atoms with Gasteiger partial charge in [-0.15, -0.1) is 0 Å². The number of nitrogens with zero attached hydrogens (tertiary/aromatic N) is 1. The van der Waals surface area contributed by atoms with Gasteiger partial charge in [-0.05, 0) is 55.6 Å². The number of carbonyl (C=O) groups is 1. The molecule has 3 atom stereocenters. The Morgan fingerprint density at radius 2 is 2.04 bits per heavy atom. The van der Waals surface area contributed by atoms with Crippen LogP contribution in [0.5, 0.6) is 5.75 Å². The standard InChI is InChI=1S/C15H20ClNO5S/c1-4-21-13-6-14(23(19)20)12(5-11(13)15(16)18)17-7-9(2)22-10(3)8-17/h5-6,9-10H,4,7-8H2,1-3H3,(H,19,20)/p-1. The van der Waals surface area contributed by atoms with Crippen LogP contribution in [-0.4, -0.2) is 45.9 Å². The molecule has 0 bridgehead atoms. The molecule has 128 valence electrons. The number of halogens is 1. The van der Waals surface area contributed by atoms with Gasteiger partial charge in [-0.1, -0.05) is 0 Å². The van der Waals surface area contributed by atoms with Crippen molar-refractivity contribution in [1.29, 1.82) is 0 Å². The predicted octanol–water partition coefficient (Wildman–Crippen LogP) is 2.32. The van der Waals surface area contributed by atoms with E-state index in [4.69, 9.17) is 21.1 Å². The van der Waals surface area contributed by atoms with Gasteiger partial charge in [-0.25, -0.2) is 0 Å². The van der Waals surface area contributed by atoms with E-state index in [9.17, 15) is 13.6 Å². The molecule has 2 rings (SSSR count). The molecule has 8 heteroatoms. The molecule has 3 unspecified atom stereocenters. The fourth-order valence-electron chi connectivity index (χ4n) is 2.73. The van der Waals surface area contributed by atoms with Crippen LogP contribution in [0.15, 0.2) is 17.0 Å². The highest BCUT2D eigenvalue weighted by Crippen LogP contribution is 2.34. The number of hydrogen-bond donors (Lipinski definition) is 0. The third-order valence-electron chi connectivity index (χ3n) is 3.51. The maximum Gasteiger partial charge on any atom is 0.256 e. The van der Waals surface area contributed by atoms with Gasteiger partial charge in [0.2, 0.25) is 0 Å². The van der Waals surface area contributed by atoms with Gasteiger partial charge < -0.3 is 18.9 Å². The summed E-state index contributed by atoms with van der Waals surface area (Å²) in [6, 6.07) is 2.83. The lowest BCUT2D eigenvalue weighted by Gasteiger charge is -2.38. The summed E-state index contributed by atoms with van der Waals surface area (Å²) in [6.45, 7) is 6.93. The van der Waals surface area contributed by atoms with Crippen molar-refractivity contribution in [2.75, 3.05) is 24.6 Å². The molecule has 1 aromatic rings. The summed E-state index contributed by atoms with van der Waals surface area (Å²) in [7, 11) is 0. The van der Waals surface area contributed by atoms with Gasteiger partial charge in [0.15, 0.2) is 0 Å². The minimum Gasteiger partial charge on any atom is -0.768 e. The van der Waals surface area contributed by atoms with Gasteiger partial charge in [-0.3, -0.25) is 9.00 Å². The first-order valence-electron chi connectivity index (χ1n) is 7.33. The molecule has 0 spiro atoms. The Hall–Kier alpha value is -1.15. The van der Waals surface area contributed by atoms with Crippen molar-refractivity contribution < 1.29 is 23.0 Å². The highest BCUT2D eigenvalue weighted by molar-refractivity contribution is 7.79. The van der Waals surface area contributed by atoms with Crippen LogP contribution in [0.3, 0.4) is 0 Å². The number of ether oxygens (including phenoxy) is 2. The molecular weight excluding hydrogens is 342 g/mol. The van der Waals surface area contributed by atoms with Gasteiger partial charge in [0.05, 0.1) is 35.0 Å². The number of anilines is 1. The highest BCUT2D eigenvalue weighted by atomic mass is 35.5. The molecule has 1 aliphatic heterocycles.